The first-order valence-corrected chi connectivity index (χ1v) is 6.06. The number of nitrogens with two attached hydrogens (primary N) is 1. The molecule has 0 spiro atoms. The molecule has 0 fully saturated rings. The van der Waals surface area contributed by atoms with Crippen molar-refractivity contribution in [2.75, 3.05) is 6.54 Å². The molecule has 1 unspecified atom stereocenters. The highest BCUT2D eigenvalue weighted by atomic mass is 32.1. The number of fused-ring (bicyclic) bond motifs is 1. The predicted molar refractivity (Wildman–Crippen MR) is 59.6 cm³/mol. The third-order valence-corrected chi connectivity index (χ3v) is 4.51. The van der Waals surface area contributed by atoms with Gasteiger partial charge in [-0.25, -0.2) is 0 Å². The smallest absolute Gasteiger partial charge is 0.101 e. The lowest BCUT2D eigenvalue weighted by Gasteiger charge is -2.21. The van der Waals surface area contributed by atoms with Crippen LogP contribution in [-0.2, 0) is 18.4 Å². The SMILES string of the molecule is CCc1cc2c(s1)C(O)(CCN)CC2. The van der Waals surface area contributed by atoms with Crippen molar-refractivity contribution in [1.29, 1.82) is 0 Å². The van der Waals surface area contributed by atoms with E-state index in [0.29, 0.717) is 13.0 Å². The summed E-state index contributed by atoms with van der Waals surface area (Å²) in [6.45, 7) is 2.72. The largest absolute Gasteiger partial charge is 0.384 e. The number of thiophene rings is 1. The average molecular weight is 211 g/mol. The molecule has 0 aromatic carbocycles. The lowest BCUT2D eigenvalue weighted by Crippen LogP contribution is -2.25. The molecule has 14 heavy (non-hydrogen) atoms. The molecule has 1 aromatic rings. The van der Waals surface area contributed by atoms with Crippen LogP contribution in [0.3, 0.4) is 0 Å². The van der Waals surface area contributed by atoms with Crippen molar-refractivity contribution in [3.05, 3.63) is 21.4 Å². The van der Waals surface area contributed by atoms with E-state index >= 15 is 0 Å². The highest BCUT2D eigenvalue weighted by Gasteiger charge is 2.37. The van der Waals surface area contributed by atoms with E-state index in [4.69, 9.17) is 5.73 Å². The normalized spacial score (nSPS) is 25.4. The van der Waals surface area contributed by atoms with Crippen LogP contribution >= 0.6 is 11.3 Å². The minimum atomic E-state index is -0.609. The summed E-state index contributed by atoms with van der Waals surface area (Å²) in [6.07, 6.45) is 3.64. The van der Waals surface area contributed by atoms with Crippen LogP contribution in [-0.4, -0.2) is 11.7 Å². The quantitative estimate of drug-likeness (QED) is 0.800. The fraction of sp³-hybridized carbons (Fsp3) is 0.636. The zero-order valence-electron chi connectivity index (χ0n) is 8.55. The first-order chi connectivity index (χ1) is 6.69. The Balaban J connectivity index is 2.32. The fourth-order valence-corrected chi connectivity index (χ4v) is 3.47. The van der Waals surface area contributed by atoms with Gasteiger partial charge in [0.15, 0.2) is 0 Å². The molecule has 3 heteroatoms. The van der Waals surface area contributed by atoms with Crippen molar-refractivity contribution in [3.8, 4) is 0 Å². The van der Waals surface area contributed by atoms with E-state index in [1.165, 1.54) is 15.3 Å². The second-order valence-electron chi connectivity index (χ2n) is 3.99. The molecule has 1 atom stereocenters. The maximum atomic E-state index is 10.4. The summed E-state index contributed by atoms with van der Waals surface area (Å²) in [7, 11) is 0. The molecule has 78 valence electrons. The van der Waals surface area contributed by atoms with Gasteiger partial charge in [0.25, 0.3) is 0 Å². The van der Waals surface area contributed by atoms with Crippen LogP contribution in [0, 0.1) is 0 Å². The van der Waals surface area contributed by atoms with Gasteiger partial charge in [-0.2, -0.15) is 0 Å². The molecule has 0 aliphatic heterocycles. The molecular weight excluding hydrogens is 194 g/mol. The Hall–Kier alpha value is -0.380. The molecular formula is C11H17NOS. The van der Waals surface area contributed by atoms with Crippen LogP contribution in [0.5, 0.6) is 0 Å². The van der Waals surface area contributed by atoms with E-state index in [9.17, 15) is 5.11 Å². The average Bonchev–Trinajstić information content (AvgIpc) is 2.68. The minimum absolute atomic E-state index is 0.565. The Bertz CT molecular complexity index is 334. The van der Waals surface area contributed by atoms with Gasteiger partial charge >= 0.3 is 0 Å². The van der Waals surface area contributed by atoms with Gasteiger partial charge in [0.2, 0.25) is 0 Å². The van der Waals surface area contributed by atoms with E-state index in [0.717, 1.165) is 19.3 Å². The maximum absolute atomic E-state index is 10.4. The molecule has 1 aromatic heterocycles. The van der Waals surface area contributed by atoms with Crippen molar-refractivity contribution < 1.29 is 5.11 Å². The molecule has 0 amide bonds. The second-order valence-corrected chi connectivity index (χ2v) is 5.13. The van der Waals surface area contributed by atoms with Crippen LogP contribution in [0.15, 0.2) is 6.07 Å². The summed E-state index contributed by atoms with van der Waals surface area (Å²) >= 11 is 1.76. The van der Waals surface area contributed by atoms with Crippen LogP contribution < -0.4 is 5.73 Å². The molecule has 2 rings (SSSR count). The predicted octanol–water partition coefficient (Wildman–Crippen LogP) is 1.79. The summed E-state index contributed by atoms with van der Waals surface area (Å²) < 4.78 is 0. The Morgan fingerprint density at radius 1 is 1.64 bits per heavy atom. The number of aliphatic hydroxyl groups is 1. The van der Waals surface area contributed by atoms with Crippen molar-refractivity contribution in [3.63, 3.8) is 0 Å². The molecule has 1 aliphatic rings. The van der Waals surface area contributed by atoms with Gasteiger partial charge in [0.05, 0.1) is 0 Å². The van der Waals surface area contributed by atoms with E-state index in [2.05, 4.69) is 13.0 Å². The second kappa shape index (κ2) is 3.65. The molecule has 0 saturated heterocycles. The Labute approximate surface area is 88.8 Å². The molecule has 1 heterocycles. The fourth-order valence-electron chi connectivity index (χ4n) is 2.17. The highest BCUT2D eigenvalue weighted by molar-refractivity contribution is 7.12. The monoisotopic (exact) mass is 211 g/mol. The molecule has 2 nitrogen and oxygen atoms in total. The minimum Gasteiger partial charge on any atom is -0.384 e. The summed E-state index contributed by atoms with van der Waals surface area (Å²) in [4.78, 5) is 2.56. The van der Waals surface area contributed by atoms with Gasteiger partial charge in [0.1, 0.15) is 5.60 Å². The zero-order valence-corrected chi connectivity index (χ0v) is 9.36. The molecule has 0 bridgehead atoms. The Morgan fingerprint density at radius 3 is 3.07 bits per heavy atom. The summed E-state index contributed by atoms with van der Waals surface area (Å²) in [5.74, 6) is 0. The maximum Gasteiger partial charge on any atom is 0.101 e. The van der Waals surface area contributed by atoms with E-state index in [-0.39, 0.29) is 0 Å². The molecule has 0 saturated carbocycles. The van der Waals surface area contributed by atoms with Gasteiger partial charge in [0, 0.05) is 9.75 Å². The standard InChI is InChI=1S/C11H17NOS/c1-2-9-7-8-3-4-11(13,5-6-12)10(8)14-9/h7,13H,2-6,12H2,1H3. The summed E-state index contributed by atoms with van der Waals surface area (Å²) in [5.41, 5.74) is 6.28. The number of hydrogen-bond acceptors (Lipinski definition) is 3. The zero-order chi connectivity index (χ0) is 10.2. The molecule has 3 N–H and O–H groups in total. The van der Waals surface area contributed by atoms with Gasteiger partial charge < -0.3 is 10.8 Å². The summed E-state index contributed by atoms with van der Waals surface area (Å²) in [6, 6.07) is 2.24. The number of hydrogen-bond donors (Lipinski definition) is 2. The topological polar surface area (TPSA) is 46.2 Å². The lowest BCUT2D eigenvalue weighted by molar-refractivity contribution is 0.0353. The highest BCUT2D eigenvalue weighted by Crippen LogP contribution is 2.44. The third-order valence-electron chi connectivity index (χ3n) is 3.00. The molecule has 0 radical (unpaired) electrons. The lowest BCUT2D eigenvalue weighted by atomic mass is 9.99. The van der Waals surface area contributed by atoms with Gasteiger partial charge in [-0.15, -0.1) is 11.3 Å². The summed E-state index contributed by atoms with van der Waals surface area (Å²) in [5, 5.41) is 10.4. The van der Waals surface area contributed by atoms with Gasteiger partial charge in [-0.1, -0.05) is 6.92 Å². The van der Waals surface area contributed by atoms with Crippen molar-refractivity contribution >= 4 is 11.3 Å². The Morgan fingerprint density at radius 2 is 2.43 bits per heavy atom. The number of rotatable bonds is 3. The van der Waals surface area contributed by atoms with Crippen molar-refractivity contribution in [2.45, 2.75) is 38.2 Å². The van der Waals surface area contributed by atoms with E-state index < -0.39 is 5.60 Å². The van der Waals surface area contributed by atoms with Gasteiger partial charge in [-0.3, -0.25) is 0 Å². The molecule has 1 aliphatic carbocycles. The van der Waals surface area contributed by atoms with Crippen molar-refractivity contribution in [2.24, 2.45) is 5.73 Å². The van der Waals surface area contributed by atoms with Crippen LogP contribution in [0.1, 0.15) is 35.1 Å². The van der Waals surface area contributed by atoms with E-state index in [1.807, 2.05) is 0 Å². The van der Waals surface area contributed by atoms with E-state index in [1.54, 1.807) is 11.3 Å². The first-order valence-electron chi connectivity index (χ1n) is 5.24. The third kappa shape index (κ3) is 1.49. The Kier molecular flexibility index (Phi) is 2.64. The number of aryl methyl sites for hydroxylation is 2. The van der Waals surface area contributed by atoms with Gasteiger partial charge in [-0.05, 0) is 43.9 Å². The van der Waals surface area contributed by atoms with Crippen LogP contribution in [0.25, 0.3) is 0 Å². The first kappa shape index (κ1) is 10.1. The van der Waals surface area contributed by atoms with Crippen LogP contribution in [0.2, 0.25) is 0 Å². The van der Waals surface area contributed by atoms with Crippen LogP contribution in [0.4, 0.5) is 0 Å². The van der Waals surface area contributed by atoms with Crippen molar-refractivity contribution in [1.82, 2.24) is 0 Å².